The lowest BCUT2D eigenvalue weighted by molar-refractivity contribution is -0.0117. The van der Waals surface area contributed by atoms with E-state index in [9.17, 15) is 4.79 Å². The Morgan fingerprint density at radius 2 is 2.53 bits per heavy atom. The average Bonchev–Trinajstić information content (AvgIpc) is 2.37. The van der Waals surface area contributed by atoms with E-state index in [-0.39, 0.29) is 6.10 Å². The standard InChI is InChI=1S/C12H17ClN4O2/c1-17-2-3-19-9(7-17)6-16-12-10(13)4-8(5-15-12)11(14)18/h4-5,9H,2-3,6-7H2,1H3,(H2,14,18)(H,15,16). The molecule has 1 aromatic heterocycles. The summed E-state index contributed by atoms with van der Waals surface area (Å²) in [5.41, 5.74) is 5.45. The fraction of sp³-hybridized carbons (Fsp3) is 0.500. The first kappa shape index (κ1) is 14.0. The van der Waals surface area contributed by atoms with E-state index in [2.05, 4.69) is 22.2 Å². The number of aromatic nitrogens is 1. The van der Waals surface area contributed by atoms with Crippen molar-refractivity contribution in [1.29, 1.82) is 0 Å². The summed E-state index contributed by atoms with van der Waals surface area (Å²) in [4.78, 5) is 17.3. The maximum Gasteiger partial charge on any atom is 0.250 e. The molecule has 2 heterocycles. The molecule has 19 heavy (non-hydrogen) atoms. The molecule has 0 aliphatic carbocycles. The van der Waals surface area contributed by atoms with Crippen molar-refractivity contribution in [3.05, 3.63) is 22.8 Å². The van der Waals surface area contributed by atoms with Crippen LogP contribution in [0, 0.1) is 0 Å². The summed E-state index contributed by atoms with van der Waals surface area (Å²) >= 11 is 6.04. The van der Waals surface area contributed by atoms with Crippen molar-refractivity contribution in [3.63, 3.8) is 0 Å². The number of hydrogen-bond donors (Lipinski definition) is 2. The molecule has 1 atom stereocenters. The van der Waals surface area contributed by atoms with Gasteiger partial charge in [-0.2, -0.15) is 0 Å². The van der Waals surface area contributed by atoms with Crippen LogP contribution in [0.3, 0.4) is 0 Å². The minimum absolute atomic E-state index is 0.104. The van der Waals surface area contributed by atoms with E-state index in [0.29, 0.717) is 22.9 Å². The summed E-state index contributed by atoms with van der Waals surface area (Å²) in [6, 6.07) is 1.51. The van der Waals surface area contributed by atoms with E-state index in [1.807, 2.05) is 0 Å². The topological polar surface area (TPSA) is 80.5 Å². The van der Waals surface area contributed by atoms with Crippen LogP contribution in [0.2, 0.25) is 5.02 Å². The Morgan fingerprint density at radius 1 is 1.74 bits per heavy atom. The van der Waals surface area contributed by atoms with Crippen molar-refractivity contribution < 1.29 is 9.53 Å². The summed E-state index contributed by atoms with van der Waals surface area (Å²) in [5.74, 6) is -0.0123. The van der Waals surface area contributed by atoms with Crippen molar-refractivity contribution in [2.75, 3.05) is 38.6 Å². The third-order valence-corrected chi connectivity index (χ3v) is 3.25. The van der Waals surface area contributed by atoms with Crippen LogP contribution in [0.1, 0.15) is 10.4 Å². The highest BCUT2D eigenvalue weighted by Gasteiger charge is 2.18. The number of rotatable bonds is 4. The highest BCUT2D eigenvalue weighted by molar-refractivity contribution is 6.33. The van der Waals surface area contributed by atoms with Crippen molar-refractivity contribution in [2.45, 2.75) is 6.10 Å². The van der Waals surface area contributed by atoms with Gasteiger partial charge in [0.05, 0.1) is 23.3 Å². The van der Waals surface area contributed by atoms with Crippen LogP contribution < -0.4 is 11.1 Å². The number of hydrogen-bond acceptors (Lipinski definition) is 5. The minimum atomic E-state index is -0.543. The number of ether oxygens (including phenoxy) is 1. The summed E-state index contributed by atoms with van der Waals surface area (Å²) in [6.45, 7) is 3.16. The van der Waals surface area contributed by atoms with Crippen LogP contribution in [0.4, 0.5) is 5.82 Å². The predicted octanol–water partition coefficient (Wildman–Crippen LogP) is 0.576. The SMILES string of the molecule is CN1CCOC(CNc2ncc(C(N)=O)cc2Cl)C1. The predicted molar refractivity (Wildman–Crippen MR) is 73.5 cm³/mol. The third-order valence-electron chi connectivity index (χ3n) is 2.96. The number of morpholine rings is 1. The van der Waals surface area contributed by atoms with Crippen LogP contribution in [0.5, 0.6) is 0 Å². The molecule has 0 bridgehead atoms. The molecule has 0 saturated carbocycles. The molecule has 1 aromatic rings. The summed E-state index contributed by atoms with van der Waals surface area (Å²) in [6.07, 6.45) is 1.51. The first-order chi connectivity index (χ1) is 9.06. The fourth-order valence-corrected chi connectivity index (χ4v) is 2.14. The van der Waals surface area contributed by atoms with Gasteiger partial charge in [0, 0.05) is 25.8 Å². The monoisotopic (exact) mass is 284 g/mol. The zero-order chi connectivity index (χ0) is 13.8. The summed E-state index contributed by atoms with van der Waals surface area (Å²) in [5, 5.41) is 3.50. The average molecular weight is 285 g/mol. The number of likely N-dealkylation sites (N-methyl/N-ethyl adjacent to an activating group) is 1. The smallest absolute Gasteiger partial charge is 0.250 e. The van der Waals surface area contributed by atoms with Gasteiger partial charge >= 0.3 is 0 Å². The van der Waals surface area contributed by atoms with Gasteiger partial charge in [-0.15, -0.1) is 0 Å². The molecule has 6 nitrogen and oxygen atoms in total. The second kappa shape index (κ2) is 6.18. The molecule has 1 unspecified atom stereocenters. The zero-order valence-corrected chi connectivity index (χ0v) is 11.5. The Bertz CT molecular complexity index is 469. The lowest BCUT2D eigenvalue weighted by atomic mass is 10.2. The van der Waals surface area contributed by atoms with E-state index in [1.165, 1.54) is 12.3 Å². The number of amides is 1. The lowest BCUT2D eigenvalue weighted by Crippen LogP contribution is -2.43. The number of nitrogens with one attached hydrogen (secondary N) is 1. The molecular formula is C12H17ClN4O2. The molecule has 1 aliphatic rings. The second-order valence-electron chi connectivity index (χ2n) is 4.55. The third kappa shape index (κ3) is 3.79. The van der Waals surface area contributed by atoms with Crippen molar-refractivity contribution in [1.82, 2.24) is 9.88 Å². The van der Waals surface area contributed by atoms with Crippen LogP contribution in [0.15, 0.2) is 12.3 Å². The van der Waals surface area contributed by atoms with Crippen LogP contribution in [0.25, 0.3) is 0 Å². The Morgan fingerprint density at radius 3 is 3.16 bits per heavy atom. The van der Waals surface area contributed by atoms with Crippen molar-refractivity contribution >= 4 is 23.3 Å². The van der Waals surface area contributed by atoms with Crippen LogP contribution in [-0.4, -0.2) is 55.2 Å². The number of nitrogens with two attached hydrogens (primary N) is 1. The van der Waals surface area contributed by atoms with Gasteiger partial charge in [0.25, 0.3) is 0 Å². The number of halogens is 1. The molecule has 104 valence electrons. The normalized spacial score (nSPS) is 20.2. The highest BCUT2D eigenvalue weighted by atomic mass is 35.5. The number of nitrogens with zero attached hydrogens (tertiary/aromatic N) is 2. The quantitative estimate of drug-likeness (QED) is 0.845. The Kier molecular flexibility index (Phi) is 4.57. The largest absolute Gasteiger partial charge is 0.374 e. The number of carbonyl (C=O) groups is 1. The van der Waals surface area contributed by atoms with Gasteiger partial charge in [-0.3, -0.25) is 4.79 Å². The molecule has 0 radical (unpaired) electrons. The van der Waals surface area contributed by atoms with Crippen LogP contribution >= 0.6 is 11.6 Å². The number of carbonyl (C=O) groups excluding carboxylic acids is 1. The summed E-state index contributed by atoms with van der Waals surface area (Å²) < 4.78 is 5.62. The molecule has 0 aromatic carbocycles. The first-order valence-electron chi connectivity index (χ1n) is 6.05. The molecule has 3 N–H and O–H groups in total. The van der Waals surface area contributed by atoms with Gasteiger partial charge in [0.2, 0.25) is 5.91 Å². The highest BCUT2D eigenvalue weighted by Crippen LogP contribution is 2.20. The molecule has 7 heteroatoms. The van der Waals surface area contributed by atoms with Gasteiger partial charge < -0.3 is 20.7 Å². The minimum Gasteiger partial charge on any atom is -0.374 e. The Hall–Kier alpha value is -1.37. The van der Waals surface area contributed by atoms with Gasteiger partial charge in [-0.25, -0.2) is 4.98 Å². The lowest BCUT2D eigenvalue weighted by Gasteiger charge is -2.30. The molecule has 1 amide bonds. The molecule has 1 fully saturated rings. The number of pyridine rings is 1. The van der Waals surface area contributed by atoms with E-state index in [0.717, 1.165) is 19.7 Å². The first-order valence-corrected chi connectivity index (χ1v) is 6.43. The van der Waals surface area contributed by atoms with E-state index in [1.54, 1.807) is 0 Å². The molecular weight excluding hydrogens is 268 g/mol. The summed E-state index contributed by atoms with van der Waals surface area (Å²) in [7, 11) is 2.06. The van der Waals surface area contributed by atoms with Gasteiger partial charge in [0.15, 0.2) is 0 Å². The van der Waals surface area contributed by atoms with E-state index in [4.69, 9.17) is 22.1 Å². The molecule has 2 rings (SSSR count). The second-order valence-corrected chi connectivity index (χ2v) is 4.96. The van der Waals surface area contributed by atoms with Gasteiger partial charge in [0.1, 0.15) is 5.82 Å². The van der Waals surface area contributed by atoms with E-state index < -0.39 is 5.91 Å². The molecule has 1 aliphatic heterocycles. The zero-order valence-electron chi connectivity index (χ0n) is 10.7. The fourth-order valence-electron chi connectivity index (χ4n) is 1.90. The number of anilines is 1. The maximum absolute atomic E-state index is 11.0. The number of primary amides is 1. The van der Waals surface area contributed by atoms with E-state index >= 15 is 0 Å². The van der Waals surface area contributed by atoms with Gasteiger partial charge in [-0.05, 0) is 13.1 Å². The van der Waals surface area contributed by atoms with Crippen molar-refractivity contribution in [3.8, 4) is 0 Å². The van der Waals surface area contributed by atoms with Gasteiger partial charge in [-0.1, -0.05) is 11.6 Å². The maximum atomic E-state index is 11.0. The Labute approximate surface area is 116 Å². The van der Waals surface area contributed by atoms with Crippen molar-refractivity contribution in [2.24, 2.45) is 5.73 Å². The van der Waals surface area contributed by atoms with Crippen LogP contribution in [-0.2, 0) is 4.74 Å². The Balaban J connectivity index is 1.94. The molecule has 0 spiro atoms. The molecule has 1 saturated heterocycles.